The van der Waals surface area contributed by atoms with E-state index in [1.54, 1.807) is 10.8 Å². The molecule has 0 aliphatic rings. The number of rotatable bonds is 4. The van der Waals surface area contributed by atoms with Gasteiger partial charge in [0.05, 0.1) is 5.52 Å². The maximum absolute atomic E-state index is 4.55. The lowest BCUT2D eigenvalue weighted by Crippen LogP contribution is -1.96. The molecule has 3 heteroatoms. The fourth-order valence-corrected chi connectivity index (χ4v) is 2.68. The van der Waals surface area contributed by atoms with E-state index in [1.807, 2.05) is 12.3 Å². The summed E-state index contributed by atoms with van der Waals surface area (Å²) in [4.78, 5) is 4.55. The van der Waals surface area contributed by atoms with Crippen molar-refractivity contribution < 1.29 is 0 Å². The van der Waals surface area contributed by atoms with Crippen LogP contribution >= 0.6 is 22.5 Å². The van der Waals surface area contributed by atoms with Gasteiger partial charge in [-0.2, -0.15) is 0 Å². The van der Waals surface area contributed by atoms with Crippen molar-refractivity contribution in [1.29, 1.82) is 0 Å². The number of thiol groups is 1. The monoisotopic (exact) mass is 263 g/mol. The molecule has 0 saturated heterocycles. The van der Waals surface area contributed by atoms with Crippen molar-refractivity contribution in [2.45, 2.75) is 26.2 Å². The van der Waals surface area contributed by atoms with Crippen LogP contribution in [0.15, 0.2) is 30.5 Å². The van der Waals surface area contributed by atoms with E-state index in [1.165, 1.54) is 16.5 Å². The minimum atomic E-state index is 0.515. The number of fused-ring (bicyclic) bond motifs is 1. The van der Waals surface area contributed by atoms with Crippen molar-refractivity contribution in [2.24, 2.45) is 0 Å². The lowest BCUT2D eigenvalue weighted by molar-refractivity contribution is 0.872. The third-order valence-electron chi connectivity index (χ3n) is 2.98. The number of benzene rings is 1. The predicted molar refractivity (Wildman–Crippen MR) is 81.0 cm³/mol. The first-order valence-corrected chi connectivity index (χ1v) is 7.90. The van der Waals surface area contributed by atoms with Crippen molar-refractivity contribution in [3.05, 3.63) is 41.6 Å². The van der Waals surface area contributed by atoms with E-state index in [0.29, 0.717) is 5.92 Å². The molecule has 0 bridgehead atoms. The molecule has 1 heterocycles. The zero-order chi connectivity index (χ0) is 12.3. The second kappa shape index (κ2) is 5.78. The highest BCUT2D eigenvalue weighted by Crippen LogP contribution is 2.27. The Morgan fingerprint density at radius 2 is 2.12 bits per heavy atom. The average molecular weight is 263 g/mol. The summed E-state index contributed by atoms with van der Waals surface area (Å²) in [6, 6.07) is 8.65. The third-order valence-corrected chi connectivity index (χ3v) is 3.91. The summed E-state index contributed by atoms with van der Waals surface area (Å²) in [5, 5.41) is 1.29. The van der Waals surface area contributed by atoms with E-state index in [-0.39, 0.29) is 0 Å². The summed E-state index contributed by atoms with van der Waals surface area (Å²) >= 11 is 4.20. The average Bonchev–Trinajstić information content (AvgIpc) is 2.35. The van der Waals surface area contributed by atoms with Gasteiger partial charge in [0, 0.05) is 17.3 Å². The number of pyridine rings is 1. The van der Waals surface area contributed by atoms with Gasteiger partial charge in [-0.3, -0.25) is 4.98 Å². The molecule has 17 heavy (non-hydrogen) atoms. The minimum Gasteiger partial charge on any atom is -0.256 e. The molecule has 2 aromatic rings. The molecule has 0 radical (unpaired) electrons. The SMILES string of the molecule is CC(C)c1ccc(CCSS)c2cccnc12. The summed E-state index contributed by atoms with van der Waals surface area (Å²) in [7, 11) is 1.59. The van der Waals surface area contributed by atoms with Crippen molar-refractivity contribution in [2.75, 3.05) is 5.75 Å². The molecule has 0 amide bonds. The Morgan fingerprint density at radius 3 is 2.82 bits per heavy atom. The van der Waals surface area contributed by atoms with Gasteiger partial charge in [-0.1, -0.05) is 42.8 Å². The van der Waals surface area contributed by atoms with Crippen LogP contribution in [0.25, 0.3) is 10.9 Å². The van der Waals surface area contributed by atoms with Crippen molar-refractivity contribution in [3.8, 4) is 0 Å². The third kappa shape index (κ3) is 2.78. The summed E-state index contributed by atoms with van der Waals surface area (Å²) < 4.78 is 0. The Labute approximate surface area is 112 Å². The van der Waals surface area contributed by atoms with Gasteiger partial charge in [0.1, 0.15) is 0 Å². The Balaban J connectivity index is 2.54. The molecule has 0 atom stereocenters. The lowest BCUT2D eigenvalue weighted by Gasteiger charge is -2.12. The number of aromatic nitrogens is 1. The van der Waals surface area contributed by atoms with Crippen LogP contribution in [0.2, 0.25) is 0 Å². The van der Waals surface area contributed by atoms with Crippen molar-refractivity contribution in [3.63, 3.8) is 0 Å². The molecule has 1 nitrogen and oxygen atoms in total. The Kier molecular flexibility index (Phi) is 4.35. The Morgan fingerprint density at radius 1 is 1.29 bits per heavy atom. The van der Waals surface area contributed by atoms with E-state index in [9.17, 15) is 0 Å². The van der Waals surface area contributed by atoms with Crippen molar-refractivity contribution >= 4 is 33.4 Å². The first-order chi connectivity index (χ1) is 8.24. The molecule has 90 valence electrons. The first kappa shape index (κ1) is 12.8. The fourth-order valence-electron chi connectivity index (χ4n) is 2.09. The second-order valence-corrected chi connectivity index (χ2v) is 5.89. The second-order valence-electron chi connectivity index (χ2n) is 4.45. The standard InChI is InChI=1S/C14H17NS2/c1-10(2)12-6-5-11(7-9-17-16)13-4-3-8-15-14(12)13/h3-6,8,10,16H,7,9H2,1-2H3. The largest absolute Gasteiger partial charge is 0.256 e. The molecule has 0 N–H and O–H groups in total. The summed E-state index contributed by atoms with van der Waals surface area (Å²) in [5.41, 5.74) is 3.87. The minimum absolute atomic E-state index is 0.515. The van der Waals surface area contributed by atoms with Gasteiger partial charge in [-0.25, -0.2) is 0 Å². The van der Waals surface area contributed by atoms with E-state index in [2.05, 4.69) is 48.7 Å². The molecule has 1 aromatic carbocycles. The molecule has 0 aliphatic carbocycles. The summed E-state index contributed by atoms with van der Waals surface area (Å²) in [5.74, 6) is 1.55. The first-order valence-electron chi connectivity index (χ1n) is 5.87. The van der Waals surface area contributed by atoms with E-state index in [4.69, 9.17) is 0 Å². The predicted octanol–water partition coefficient (Wildman–Crippen LogP) is 4.48. The molecular formula is C14H17NS2. The molecule has 1 aromatic heterocycles. The topological polar surface area (TPSA) is 12.9 Å². The molecule has 0 fully saturated rings. The van der Waals surface area contributed by atoms with Crippen LogP contribution in [0.5, 0.6) is 0 Å². The molecule has 2 rings (SSSR count). The van der Waals surface area contributed by atoms with Gasteiger partial charge in [-0.15, -0.1) is 11.7 Å². The molecular weight excluding hydrogens is 246 g/mol. The number of hydrogen-bond acceptors (Lipinski definition) is 3. The van der Waals surface area contributed by atoms with Gasteiger partial charge in [0.15, 0.2) is 0 Å². The van der Waals surface area contributed by atoms with E-state index < -0.39 is 0 Å². The van der Waals surface area contributed by atoms with Crippen molar-refractivity contribution in [1.82, 2.24) is 4.98 Å². The molecule has 0 spiro atoms. The van der Waals surface area contributed by atoms with Crippen LogP contribution in [0.1, 0.15) is 30.9 Å². The van der Waals surface area contributed by atoms with E-state index in [0.717, 1.165) is 17.7 Å². The summed E-state index contributed by atoms with van der Waals surface area (Å²) in [6.45, 7) is 4.43. The fraction of sp³-hybridized carbons (Fsp3) is 0.357. The smallest absolute Gasteiger partial charge is 0.0739 e. The number of nitrogens with zero attached hydrogens (tertiary/aromatic N) is 1. The highest BCUT2D eigenvalue weighted by molar-refractivity contribution is 8.68. The molecule has 0 saturated carbocycles. The lowest BCUT2D eigenvalue weighted by atomic mass is 9.96. The maximum atomic E-state index is 4.55. The maximum Gasteiger partial charge on any atom is 0.0739 e. The van der Waals surface area contributed by atoms with Crippen LogP contribution in [0.3, 0.4) is 0 Å². The Hall–Kier alpha value is -0.670. The highest BCUT2D eigenvalue weighted by Gasteiger charge is 2.09. The zero-order valence-electron chi connectivity index (χ0n) is 10.2. The van der Waals surface area contributed by atoms with Gasteiger partial charge in [-0.05, 0) is 29.5 Å². The van der Waals surface area contributed by atoms with Gasteiger partial charge < -0.3 is 0 Å². The van der Waals surface area contributed by atoms with Crippen LogP contribution in [-0.2, 0) is 6.42 Å². The quantitative estimate of drug-likeness (QED) is 0.645. The van der Waals surface area contributed by atoms with Gasteiger partial charge in [0.25, 0.3) is 0 Å². The zero-order valence-corrected chi connectivity index (χ0v) is 11.9. The van der Waals surface area contributed by atoms with E-state index >= 15 is 0 Å². The molecule has 0 aliphatic heterocycles. The van der Waals surface area contributed by atoms with Crippen LogP contribution in [-0.4, -0.2) is 10.7 Å². The highest BCUT2D eigenvalue weighted by atomic mass is 33.1. The van der Waals surface area contributed by atoms with Gasteiger partial charge in [0.2, 0.25) is 0 Å². The molecule has 0 unspecified atom stereocenters. The van der Waals surface area contributed by atoms with Crippen LogP contribution in [0, 0.1) is 0 Å². The number of aryl methyl sites for hydroxylation is 1. The van der Waals surface area contributed by atoms with Crippen LogP contribution in [0.4, 0.5) is 0 Å². The summed E-state index contributed by atoms with van der Waals surface area (Å²) in [6.07, 6.45) is 2.93. The Bertz CT molecular complexity index is 509. The number of hydrogen-bond donors (Lipinski definition) is 1. The van der Waals surface area contributed by atoms with Gasteiger partial charge >= 0.3 is 0 Å². The normalized spacial score (nSPS) is 11.3. The van der Waals surface area contributed by atoms with Crippen LogP contribution < -0.4 is 0 Å².